The number of rotatable bonds is 6. The Labute approximate surface area is 222 Å². The van der Waals surface area contributed by atoms with Gasteiger partial charge in [0.05, 0.1) is 5.52 Å². The molecule has 8 rings (SSSR count). The van der Waals surface area contributed by atoms with Gasteiger partial charge in [0.25, 0.3) is 0 Å². The first-order valence-electron chi connectivity index (χ1n) is 13.7. The molecule has 0 saturated carbocycles. The number of anilines is 1. The molecule has 2 bridgehead atoms. The first-order valence-corrected chi connectivity index (χ1v) is 13.7. The van der Waals surface area contributed by atoms with E-state index < -0.39 is 6.10 Å². The summed E-state index contributed by atoms with van der Waals surface area (Å²) in [6, 6.07) is 30.5. The second-order valence-electron chi connectivity index (χ2n) is 10.7. The van der Waals surface area contributed by atoms with E-state index in [1.54, 1.807) is 0 Å². The minimum Gasteiger partial charge on any atom is -0.490 e. The van der Waals surface area contributed by atoms with Gasteiger partial charge in [0, 0.05) is 53.7 Å². The highest BCUT2D eigenvalue weighted by atomic mass is 16.5. The molecule has 4 aromatic carbocycles. The molecule has 0 spiro atoms. The maximum atomic E-state index is 11.1. The summed E-state index contributed by atoms with van der Waals surface area (Å²) in [5, 5.41) is 15.9. The zero-order valence-electron chi connectivity index (χ0n) is 21.5. The van der Waals surface area contributed by atoms with Crippen molar-refractivity contribution >= 4 is 38.3 Å². The monoisotopic (exact) mass is 503 g/mol. The second kappa shape index (κ2) is 9.82. The minimum atomic E-state index is -0.561. The molecular formula is C33H33N3O2. The van der Waals surface area contributed by atoms with E-state index >= 15 is 0 Å². The summed E-state index contributed by atoms with van der Waals surface area (Å²) in [5.74, 6) is 0.818. The topological polar surface area (TPSA) is 51.7 Å². The molecule has 0 amide bonds. The molecule has 1 saturated heterocycles. The van der Waals surface area contributed by atoms with Crippen LogP contribution < -0.4 is 9.64 Å². The van der Waals surface area contributed by atoms with E-state index in [2.05, 4.69) is 87.6 Å². The molecule has 3 aliphatic heterocycles. The third-order valence-corrected chi connectivity index (χ3v) is 8.23. The van der Waals surface area contributed by atoms with Gasteiger partial charge in [0.2, 0.25) is 0 Å². The number of piperazine rings is 1. The van der Waals surface area contributed by atoms with Crippen LogP contribution in [0.4, 0.5) is 5.69 Å². The molecule has 5 heteroatoms. The maximum Gasteiger partial charge on any atom is 0.129 e. The van der Waals surface area contributed by atoms with Crippen LogP contribution in [0.3, 0.4) is 0 Å². The van der Waals surface area contributed by atoms with Crippen LogP contribution in [0.5, 0.6) is 5.75 Å². The Hall–Kier alpha value is -3.80. The normalized spacial score (nSPS) is 21.6. The van der Waals surface area contributed by atoms with Crippen LogP contribution >= 0.6 is 0 Å². The minimum absolute atomic E-state index is 0.275. The summed E-state index contributed by atoms with van der Waals surface area (Å²) in [6.07, 6.45) is 6.12. The Morgan fingerprint density at radius 2 is 1.61 bits per heavy atom. The number of aliphatic hydroxyl groups excluding tert-OH is 1. The lowest BCUT2D eigenvalue weighted by molar-refractivity contribution is 0.0409. The molecule has 38 heavy (non-hydrogen) atoms. The van der Waals surface area contributed by atoms with E-state index in [0.717, 1.165) is 53.5 Å². The van der Waals surface area contributed by atoms with Crippen molar-refractivity contribution in [3.05, 3.63) is 97.1 Å². The van der Waals surface area contributed by atoms with Gasteiger partial charge >= 0.3 is 0 Å². The van der Waals surface area contributed by atoms with Gasteiger partial charge in [-0.05, 0) is 53.9 Å². The Morgan fingerprint density at radius 1 is 0.816 bits per heavy atom. The van der Waals surface area contributed by atoms with Crippen LogP contribution in [0.15, 0.2) is 97.1 Å². The number of hydrogen-bond acceptors (Lipinski definition) is 4. The first-order chi connectivity index (χ1) is 18.7. The highest BCUT2D eigenvalue weighted by Gasteiger charge is 2.35. The van der Waals surface area contributed by atoms with Crippen LogP contribution in [-0.2, 0) is 0 Å². The number of hydrogen-bond donors (Lipinski definition) is 2. The molecule has 0 aliphatic carbocycles. The lowest BCUT2D eigenvalue weighted by Crippen LogP contribution is -2.60. The van der Waals surface area contributed by atoms with Crippen molar-refractivity contribution in [3.8, 4) is 5.75 Å². The van der Waals surface area contributed by atoms with Gasteiger partial charge in [-0.15, -0.1) is 0 Å². The molecule has 3 atom stereocenters. The average Bonchev–Trinajstić information content (AvgIpc) is 3.32. The summed E-state index contributed by atoms with van der Waals surface area (Å²) in [6.45, 7) is 2.80. The lowest BCUT2D eigenvalue weighted by Gasteiger charge is -2.48. The van der Waals surface area contributed by atoms with Gasteiger partial charge in [0.15, 0.2) is 0 Å². The number of para-hydroxylation sites is 1. The highest BCUT2D eigenvalue weighted by Crippen LogP contribution is 2.34. The summed E-state index contributed by atoms with van der Waals surface area (Å²) in [4.78, 5) is 8.53. The molecule has 192 valence electrons. The molecular weight excluding hydrogens is 470 g/mol. The number of benzene rings is 4. The van der Waals surface area contributed by atoms with Crippen molar-refractivity contribution in [2.45, 2.75) is 31.0 Å². The number of H-pyrrole nitrogens is 1. The van der Waals surface area contributed by atoms with Gasteiger partial charge in [-0.2, -0.15) is 0 Å². The fraction of sp³-hybridized carbons (Fsp3) is 0.273. The number of nitrogens with one attached hydrogen (secondary N) is 1. The van der Waals surface area contributed by atoms with Gasteiger partial charge in [0.1, 0.15) is 18.5 Å². The fourth-order valence-corrected chi connectivity index (χ4v) is 6.34. The number of ether oxygens (including phenoxy) is 1. The van der Waals surface area contributed by atoms with Crippen molar-refractivity contribution in [2.75, 3.05) is 31.1 Å². The molecule has 2 N–H and O–H groups in total. The average molecular weight is 504 g/mol. The molecule has 0 radical (unpaired) electrons. The summed E-state index contributed by atoms with van der Waals surface area (Å²) >= 11 is 0. The van der Waals surface area contributed by atoms with Gasteiger partial charge in [-0.3, -0.25) is 4.90 Å². The standard InChI is InChI=1S/C33H33N3O2/c37-28(22-38-32-15-7-14-31-33(32)29-12-5-6-13-30(29)34-31)21-35-19-27-11-4-3-10-26(35)20-36(27)25-17-16-23-8-1-2-9-24(23)18-25/h1-9,12-18,26-28,34,37H,10-11,19-22H2/b4-3-/t26-,27-,28-/m0/s1. The third-order valence-electron chi connectivity index (χ3n) is 8.23. The molecule has 4 heterocycles. The van der Waals surface area contributed by atoms with E-state index in [1.807, 2.05) is 24.3 Å². The van der Waals surface area contributed by atoms with E-state index in [-0.39, 0.29) is 6.61 Å². The van der Waals surface area contributed by atoms with E-state index in [0.29, 0.717) is 18.6 Å². The Bertz CT molecular complexity index is 1620. The van der Waals surface area contributed by atoms with Crippen LogP contribution in [0, 0.1) is 0 Å². The Morgan fingerprint density at radius 3 is 2.53 bits per heavy atom. The molecule has 3 aliphatic rings. The van der Waals surface area contributed by atoms with Crippen LogP contribution in [0.25, 0.3) is 32.6 Å². The molecule has 0 unspecified atom stereocenters. The van der Waals surface area contributed by atoms with Crippen LogP contribution in [-0.4, -0.2) is 59.4 Å². The van der Waals surface area contributed by atoms with Crippen LogP contribution in [0.2, 0.25) is 0 Å². The zero-order chi connectivity index (χ0) is 25.5. The third kappa shape index (κ3) is 4.32. The predicted molar refractivity (Wildman–Crippen MR) is 156 cm³/mol. The molecule has 1 aromatic heterocycles. The second-order valence-corrected chi connectivity index (χ2v) is 10.7. The quantitative estimate of drug-likeness (QED) is 0.274. The number of aliphatic hydroxyl groups is 1. The molecule has 5 aromatic rings. The van der Waals surface area contributed by atoms with Crippen molar-refractivity contribution in [3.63, 3.8) is 0 Å². The number of nitrogens with zero attached hydrogens (tertiary/aromatic N) is 2. The smallest absolute Gasteiger partial charge is 0.129 e. The van der Waals surface area contributed by atoms with E-state index in [4.69, 9.17) is 4.74 Å². The zero-order valence-corrected chi connectivity index (χ0v) is 21.5. The SMILES string of the molecule is O[C@H](COc1cccc2[nH]c3ccccc3c12)CN1C[C@@H]2C/C=C\C[C@H]1CN2c1ccc2ccccc2c1. The molecule has 1 fully saturated rings. The number of aromatic amines is 1. The fourth-order valence-electron chi connectivity index (χ4n) is 6.34. The Kier molecular flexibility index (Phi) is 6.03. The predicted octanol–water partition coefficient (Wildman–Crippen LogP) is 6.12. The van der Waals surface area contributed by atoms with Crippen LogP contribution in [0.1, 0.15) is 12.8 Å². The van der Waals surface area contributed by atoms with Crippen molar-refractivity contribution in [1.82, 2.24) is 9.88 Å². The van der Waals surface area contributed by atoms with Gasteiger partial charge in [-0.25, -0.2) is 0 Å². The maximum absolute atomic E-state index is 11.1. The van der Waals surface area contributed by atoms with E-state index in [1.165, 1.54) is 16.5 Å². The number of aromatic nitrogens is 1. The van der Waals surface area contributed by atoms with Crippen molar-refractivity contribution in [1.29, 1.82) is 0 Å². The van der Waals surface area contributed by atoms with E-state index in [9.17, 15) is 5.11 Å². The summed E-state index contributed by atoms with van der Waals surface area (Å²) in [7, 11) is 0. The molecule has 5 nitrogen and oxygen atoms in total. The summed E-state index contributed by atoms with van der Waals surface area (Å²) < 4.78 is 6.24. The number of fused-ring (bicyclic) bond motifs is 8. The largest absolute Gasteiger partial charge is 0.490 e. The highest BCUT2D eigenvalue weighted by molar-refractivity contribution is 6.10. The van der Waals surface area contributed by atoms with Gasteiger partial charge < -0.3 is 19.7 Å². The lowest BCUT2D eigenvalue weighted by atomic mass is 9.96. The first kappa shape index (κ1) is 23.3. The van der Waals surface area contributed by atoms with Gasteiger partial charge in [-0.1, -0.05) is 66.7 Å². The van der Waals surface area contributed by atoms with Crippen molar-refractivity contribution in [2.24, 2.45) is 0 Å². The Balaban J connectivity index is 1.06. The summed E-state index contributed by atoms with van der Waals surface area (Å²) in [5.41, 5.74) is 3.45. The van der Waals surface area contributed by atoms with Crippen molar-refractivity contribution < 1.29 is 9.84 Å².